The lowest BCUT2D eigenvalue weighted by molar-refractivity contribution is -0.0391. The predicted molar refractivity (Wildman–Crippen MR) is 68.8 cm³/mol. The average Bonchev–Trinajstić information content (AvgIpc) is 2.39. The van der Waals surface area contributed by atoms with E-state index in [1.807, 2.05) is 18.2 Å². The van der Waals surface area contributed by atoms with Gasteiger partial charge in [-0.15, -0.1) is 0 Å². The highest BCUT2D eigenvalue weighted by Crippen LogP contribution is 2.37. The predicted octanol–water partition coefficient (Wildman–Crippen LogP) is 2.57. The minimum Gasteiger partial charge on any atom is -0.495 e. The van der Waals surface area contributed by atoms with E-state index < -0.39 is 0 Å². The number of halogens is 1. The molecule has 0 atom stereocenters. The summed E-state index contributed by atoms with van der Waals surface area (Å²) in [7, 11) is 3.39. The highest BCUT2D eigenvalue weighted by Gasteiger charge is 2.34. The van der Waals surface area contributed by atoms with Gasteiger partial charge in [-0.1, -0.05) is 17.7 Å². The number of benzene rings is 1. The second-order valence-corrected chi connectivity index (χ2v) is 4.70. The van der Waals surface area contributed by atoms with E-state index in [4.69, 9.17) is 21.1 Å². The Morgan fingerprint density at radius 1 is 1.24 bits per heavy atom. The zero-order valence-electron chi connectivity index (χ0n) is 10.3. The highest BCUT2D eigenvalue weighted by molar-refractivity contribution is 6.32. The minimum atomic E-state index is -0.207. The molecule has 0 aromatic heterocycles. The number of ether oxygens (including phenoxy) is 2. The summed E-state index contributed by atoms with van der Waals surface area (Å²) in [6.07, 6.45) is 1.93. The molecule has 0 bridgehead atoms. The molecule has 1 aromatic rings. The van der Waals surface area contributed by atoms with Gasteiger partial charge in [0.05, 0.1) is 17.7 Å². The van der Waals surface area contributed by atoms with Crippen LogP contribution in [0.4, 0.5) is 0 Å². The zero-order valence-corrected chi connectivity index (χ0v) is 11.0. The van der Waals surface area contributed by atoms with E-state index in [-0.39, 0.29) is 5.60 Å². The molecule has 0 saturated carbocycles. The van der Waals surface area contributed by atoms with Crippen LogP contribution in [0.1, 0.15) is 18.4 Å². The molecule has 2 rings (SSSR count). The summed E-state index contributed by atoms with van der Waals surface area (Å²) in [5.74, 6) is 0.704. The Morgan fingerprint density at radius 2 is 1.94 bits per heavy atom. The first kappa shape index (κ1) is 12.7. The van der Waals surface area contributed by atoms with Gasteiger partial charge in [-0.25, -0.2) is 0 Å². The van der Waals surface area contributed by atoms with Crippen molar-refractivity contribution in [2.75, 3.05) is 27.3 Å². The van der Waals surface area contributed by atoms with Crippen LogP contribution in [0.2, 0.25) is 5.02 Å². The second-order valence-electron chi connectivity index (χ2n) is 4.30. The molecule has 1 heterocycles. The summed E-state index contributed by atoms with van der Waals surface area (Å²) >= 11 is 6.17. The molecule has 0 aliphatic carbocycles. The monoisotopic (exact) mass is 255 g/mol. The van der Waals surface area contributed by atoms with E-state index in [1.54, 1.807) is 14.2 Å². The fraction of sp³-hybridized carbons (Fsp3) is 0.538. The van der Waals surface area contributed by atoms with Crippen molar-refractivity contribution in [3.8, 4) is 5.75 Å². The molecular weight excluding hydrogens is 238 g/mol. The third-order valence-corrected chi connectivity index (χ3v) is 3.78. The lowest BCUT2D eigenvalue weighted by Crippen LogP contribution is -2.41. The third kappa shape index (κ3) is 2.41. The summed E-state index contributed by atoms with van der Waals surface area (Å²) in [5.41, 5.74) is 0.925. The van der Waals surface area contributed by atoms with Crippen molar-refractivity contribution in [1.29, 1.82) is 0 Å². The molecule has 94 valence electrons. The van der Waals surface area contributed by atoms with Gasteiger partial charge in [0.15, 0.2) is 0 Å². The molecular formula is C13H18ClNO2. The quantitative estimate of drug-likeness (QED) is 0.901. The Morgan fingerprint density at radius 3 is 2.47 bits per heavy atom. The maximum Gasteiger partial charge on any atom is 0.137 e. The number of piperidine rings is 1. The van der Waals surface area contributed by atoms with E-state index in [0.717, 1.165) is 31.5 Å². The van der Waals surface area contributed by atoms with Gasteiger partial charge in [-0.3, -0.25) is 0 Å². The van der Waals surface area contributed by atoms with Crippen molar-refractivity contribution in [2.45, 2.75) is 18.4 Å². The van der Waals surface area contributed by atoms with E-state index in [2.05, 4.69) is 5.32 Å². The summed E-state index contributed by atoms with van der Waals surface area (Å²) in [6.45, 7) is 1.94. The van der Waals surface area contributed by atoms with Crippen molar-refractivity contribution >= 4 is 11.6 Å². The molecule has 1 aliphatic heterocycles. The van der Waals surface area contributed by atoms with Crippen molar-refractivity contribution in [3.63, 3.8) is 0 Å². The van der Waals surface area contributed by atoms with Gasteiger partial charge >= 0.3 is 0 Å². The standard InChI is InChI=1S/C13H18ClNO2/c1-16-12-4-3-10(9-11(12)14)13(17-2)5-7-15-8-6-13/h3-4,9,15H,5-8H2,1-2H3. The molecule has 0 radical (unpaired) electrons. The smallest absolute Gasteiger partial charge is 0.137 e. The van der Waals surface area contributed by atoms with Crippen LogP contribution in [0.3, 0.4) is 0 Å². The zero-order chi connectivity index (χ0) is 12.3. The second kappa shape index (κ2) is 5.25. The lowest BCUT2D eigenvalue weighted by atomic mass is 9.85. The fourth-order valence-corrected chi connectivity index (χ4v) is 2.65. The number of hydrogen-bond donors (Lipinski definition) is 1. The first-order valence-corrected chi connectivity index (χ1v) is 6.19. The molecule has 3 nitrogen and oxygen atoms in total. The van der Waals surface area contributed by atoms with Crippen molar-refractivity contribution in [1.82, 2.24) is 5.32 Å². The first-order valence-electron chi connectivity index (χ1n) is 5.82. The molecule has 1 aliphatic rings. The molecule has 0 spiro atoms. The van der Waals surface area contributed by atoms with E-state index in [1.165, 1.54) is 0 Å². The van der Waals surface area contributed by atoms with Gasteiger partial charge in [0.1, 0.15) is 5.75 Å². The van der Waals surface area contributed by atoms with Crippen LogP contribution >= 0.6 is 11.6 Å². The molecule has 0 unspecified atom stereocenters. The Labute approximate surface area is 107 Å². The molecule has 1 aromatic carbocycles. The van der Waals surface area contributed by atoms with E-state index >= 15 is 0 Å². The van der Waals surface area contributed by atoms with Crippen molar-refractivity contribution in [3.05, 3.63) is 28.8 Å². The van der Waals surface area contributed by atoms with E-state index in [0.29, 0.717) is 10.8 Å². The molecule has 1 N–H and O–H groups in total. The lowest BCUT2D eigenvalue weighted by Gasteiger charge is -2.37. The van der Waals surface area contributed by atoms with Gasteiger partial charge in [0.25, 0.3) is 0 Å². The van der Waals surface area contributed by atoms with Gasteiger partial charge in [0, 0.05) is 7.11 Å². The topological polar surface area (TPSA) is 30.5 Å². The maximum absolute atomic E-state index is 6.17. The van der Waals surface area contributed by atoms with Gasteiger partial charge in [0.2, 0.25) is 0 Å². The largest absolute Gasteiger partial charge is 0.495 e. The molecule has 0 amide bonds. The van der Waals surface area contributed by atoms with Crippen LogP contribution < -0.4 is 10.1 Å². The van der Waals surface area contributed by atoms with Crippen molar-refractivity contribution in [2.24, 2.45) is 0 Å². The Hall–Kier alpha value is -0.770. The Kier molecular flexibility index (Phi) is 3.92. The van der Waals surface area contributed by atoms with Crippen LogP contribution in [-0.4, -0.2) is 27.3 Å². The maximum atomic E-state index is 6.17. The van der Waals surface area contributed by atoms with Gasteiger partial charge in [-0.05, 0) is 43.6 Å². The highest BCUT2D eigenvalue weighted by atomic mass is 35.5. The molecule has 17 heavy (non-hydrogen) atoms. The van der Waals surface area contributed by atoms with Crippen LogP contribution in [0.5, 0.6) is 5.75 Å². The SMILES string of the molecule is COc1ccc(C2(OC)CCNCC2)cc1Cl. The first-order chi connectivity index (χ1) is 8.22. The normalized spacial score (nSPS) is 19.0. The Balaban J connectivity index is 2.33. The Bertz CT molecular complexity index is 389. The van der Waals surface area contributed by atoms with Crippen molar-refractivity contribution < 1.29 is 9.47 Å². The van der Waals surface area contributed by atoms with Crippen LogP contribution in [-0.2, 0) is 10.3 Å². The van der Waals surface area contributed by atoms with Gasteiger partial charge in [-0.2, -0.15) is 0 Å². The summed E-state index contributed by atoms with van der Waals surface area (Å²) in [5, 5.41) is 3.98. The van der Waals surface area contributed by atoms with Gasteiger partial charge < -0.3 is 14.8 Å². The minimum absolute atomic E-state index is 0.207. The third-order valence-electron chi connectivity index (χ3n) is 3.48. The summed E-state index contributed by atoms with van der Waals surface area (Å²) < 4.78 is 10.9. The van der Waals surface area contributed by atoms with Crippen LogP contribution in [0.25, 0.3) is 0 Å². The van der Waals surface area contributed by atoms with Crippen LogP contribution in [0, 0.1) is 0 Å². The summed E-state index contributed by atoms with van der Waals surface area (Å²) in [6, 6.07) is 5.90. The van der Waals surface area contributed by atoms with E-state index in [9.17, 15) is 0 Å². The average molecular weight is 256 g/mol. The fourth-order valence-electron chi connectivity index (χ4n) is 2.39. The molecule has 4 heteroatoms. The number of rotatable bonds is 3. The van der Waals surface area contributed by atoms with Crippen LogP contribution in [0.15, 0.2) is 18.2 Å². The summed E-state index contributed by atoms with van der Waals surface area (Å²) in [4.78, 5) is 0. The molecule has 1 saturated heterocycles. The number of nitrogens with one attached hydrogen (secondary N) is 1. The number of hydrogen-bond acceptors (Lipinski definition) is 3. The number of methoxy groups -OCH3 is 2. The molecule has 1 fully saturated rings.